The first-order chi connectivity index (χ1) is 8.65. The molecule has 0 fully saturated rings. The summed E-state index contributed by atoms with van der Waals surface area (Å²) in [6, 6.07) is 0. The van der Waals surface area contributed by atoms with Crippen LogP contribution in [0.1, 0.15) is 39.5 Å². The maximum absolute atomic E-state index is 8.84. The molecule has 4 heteroatoms. The van der Waals surface area contributed by atoms with E-state index in [0.29, 0.717) is 0 Å². The monoisotopic (exact) mass is 260 g/mol. The Bertz CT molecular complexity index is 173. The van der Waals surface area contributed by atoms with Crippen LogP contribution >= 0.6 is 0 Å². The lowest BCUT2D eigenvalue weighted by molar-refractivity contribution is -0.0452. The first kappa shape index (κ1) is 17.8. The molecule has 0 rings (SSSR count). The fourth-order valence-corrected chi connectivity index (χ4v) is 1.95. The van der Waals surface area contributed by atoms with Gasteiger partial charge in [-0.2, -0.15) is 0 Å². The van der Waals surface area contributed by atoms with Gasteiger partial charge in [0.15, 0.2) is 0 Å². The van der Waals surface area contributed by atoms with E-state index in [2.05, 4.69) is 23.6 Å². The molecule has 0 bridgehead atoms. The zero-order valence-corrected chi connectivity index (χ0v) is 12.7. The van der Waals surface area contributed by atoms with Gasteiger partial charge in [0.2, 0.25) is 0 Å². The molecule has 18 heavy (non-hydrogen) atoms. The van der Waals surface area contributed by atoms with Gasteiger partial charge in [-0.05, 0) is 59.4 Å². The van der Waals surface area contributed by atoms with E-state index in [9.17, 15) is 0 Å². The number of aliphatic hydroxyl groups is 1. The van der Waals surface area contributed by atoms with E-state index < -0.39 is 0 Å². The van der Waals surface area contributed by atoms with E-state index in [4.69, 9.17) is 9.84 Å². The molecule has 0 aromatic rings. The maximum atomic E-state index is 8.84. The van der Waals surface area contributed by atoms with Crippen molar-refractivity contribution in [1.82, 2.24) is 9.80 Å². The molecule has 0 spiro atoms. The summed E-state index contributed by atoms with van der Waals surface area (Å²) < 4.78 is 5.85. The van der Waals surface area contributed by atoms with Crippen LogP contribution < -0.4 is 0 Å². The minimum atomic E-state index is 0.144. The first-order valence-corrected chi connectivity index (χ1v) is 7.26. The molecule has 110 valence electrons. The second-order valence-corrected chi connectivity index (χ2v) is 4.89. The number of ether oxygens (including phenoxy) is 1. The van der Waals surface area contributed by atoms with E-state index in [1.807, 2.05) is 14.1 Å². The van der Waals surface area contributed by atoms with Crippen LogP contribution in [0, 0.1) is 0 Å². The Morgan fingerprint density at radius 2 is 1.72 bits per heavy atom. The highest BCUT2D eigenvalue weighted by Crippen LogP contribution is 2.06. The van der Waals surface area contributed by atoms with Gasteiger partial charge in [0.25, 0.3) is 0 Å². The largest absolute Gasteiger partial charge is 0.396 e. The quantitative estimate of drug-likeness (QED) is 0.429. The van der Waals surface area contributed by atoms with Crippen molar-refractivity contribution in [2.45, 2.75) is 45.8 Å². The SMILES string of the molecule is CCN(CC)CCCCOC(CCCO)N(C)C. The Kier molecular flexibility index (Phi) is 11.8. The normalized spacial score (nSPS) is 13.5. The molecule has 0 aromatic heterocycles. The Morgan fingerprint density at radius 1 is 1.06 bits per heavy atom. The Balaban J connectivity index is 3.60. The highest BCUT2D eigenvalue weighted by molar-refractivity contribution is 4.56. The second kappa shape index (κ2) is 11.9. The fourth-order valence-electron chi connectivity index (χ4n) is 1.95. The minimum Gasteiger partial charge on any atom is -0.396 e. The average Bonchev–Trinajstić information content (AvgIpc) is 2.37. The van der Waals surface area contributed by atoms with Gasteiger partial charge in [-0.15, -0.1) is 0 Å². The van der Waals surface area contributed by atoms with Crippen LogP contribution in [-0.4, -0.2) is 68.1 Å². The number of hydrogen-bond acceptors (Lipinski definition) is 4. The molecule has 1 unspecified atom stereocenters. The highest BCUT2D eigenvalue weighted by Gasteiger charge is 2.10. The molecule has 0 aliphatic heterocycles. The van der Waals surface area contributed by atoms with E-state index in [-0.39, 0.29) is 12.8 Å². The summed E-state index contributed by atoms with van der Waals surface area (Å²) >= 11 is 0. The predicted octanol–water partition coefficient (Wildman–Crippen LogP) is 1.79. The molecule has 0 saturated heterocycles. The van der Waals surface area contributed by atoms with Gasteiger partial charge in [0.1, 0.15) is 6.23 Å². The highest BCUT2D eigenvalue weighted by atomic mass is 16.5. The van der Waals surface area contributed by atoms with Crippen molar-refractivity contribution in [3.63, 3.8) is 0 Å². The lowest BCUT2D eigenvalue weighted by Crippen LogP contribution is -2.31. The molecule has 0 heterocycles. The van der Waals surface area contributed by atoms with E-state index in [1.165, 1.54) is 13.0 Å². The van der Waals surface area contributed by atoms with Gasteiger partial charge in [-0.3, -0.25) is 4.90 Å². The van der Waals surface area contributed by atoms with E-state index in [1.54, 1.807) is 0 Å². The molecule has 0 aromatic carbocycles. The Morgan fingerprint density at radius 3 is 2.22 bits per heavy atom. The lowest BCUT2D eigenvalue weighted by Gasteiger charge is -2.24. The summed E-state index contributed by atoms with van der Waals surface area (Å²) in [6.45, 7) is 8.90. The van der Waals surface area contributed by atoms with Crippen molar-refractivity contribution in [2.24, 2.45) is 0 Å². The first-order valence-electron chi connectivity index (χ1n) is 7.26. The lowest BCUT2D eigenvalue weighted by atomic mass is 10.2. The Hall–Kier alpha value is -0.160. The van der Waals surface area contributed by atoms with Crippen LogP contribution in [0.25, 0.3) is 0 Å². The molecule has 1 atom stereocenters. The van der Waals surface area contributed by atoms with Crippen LogP contribution in [0.15, 0.2) is 0 Å². The third kappa shape index (κ3) is 8.86. The van der Waals surface area contributed by atoms with Gasteiger partial charge < -0.3 is 14.7 Å². The summed E-state index contributed by atoms with van der Waals surface area (Å²) in [4.78, 5) is 4.52. The predicted molar refractivity (Wildman–Crippen MR) is 76.8 cm³/mol. The molecule has 0 saturated carbocycles. The van der Waals surface area contributed by atoms with Gasteiger partial charge in [-0.1, -0.05) is 13.8 Å². The number of nitrogens with zero attached hydrogens (tertiary/aromatic N) is 2. The third-order valence-electron chi connectivity index (χ3n) is 3.26. The molecular formula is C14H32N2O2. The van der Waals surface area contributed by atoms with Crippen molar-refractivity contribution < 1.29 is 9.84 Å². The van der Waals surface area contributed by atoms with Gasteiger partial charge in [-0.25, -0.2) is 0 Å². The van der Waals surface area contributed by atoms with Gasteiger partial charge >= 0.3 is 0 Å². The third-order valence-corrected chi connectivity index (χ3v) is 3.26. The van der Waals surface area contributed by atoms with E-state index in [0.717, 1.165) is 39.0 Å². The van der Waals surface area contributed by atoms with Crippen LogP contribution in [0.3, 0.4) is 0 Å². The van der Waals surface area contributed by atoms with Crippen molar-refractivity contribution in [1.29, 1.82) is 0 Å². The summed E-state index contributed by atoms with van der Waals surface area (Å²) in [5.74, 6) is 0. The van der Waals surface area contributed by atoms with Crippen LogP contribution in [0.5, 0.6) is 0 Å². The van der Waals surface area contributed by atoms with Crippen molar-refractivity contribution >= 4 is 0 Å². The molecule has 1 N–H and O–H groups in total. The molecular weight excluding hydrogens is 228 g/mol. The second-order valence-electron chi connectivity index (χ2n) is 4.89. The van der Waals surface area contributed by atoms with E-state index >= 15 is 0 Å². The summed E-state index contributed by atoms with van der Waals surface area (Å²) in [7, 11) is 4.05. The minimum absolute atomic E-state index is 0.144. The molecule has 0 aliphatic carbocycles. The number of aliphatic hydroxyl groups excluding tert-OH is 1. The van der Waals surface area contributed by atoms with Gasteiger partial charge in [0.05, 0.1) is 0 Å². The van der Waals surface area contributed by atoms with Crippen molar-refractivity contribution in [3.8, 4) is 0 Å². The number of unbranched alkanes of at least 4 members (excludes halogenated alkanes) is 1. The fraction of sp³-hybridized carbons (Fsp3) is 1.00. The standard InChI is InChI=1S/C14H32N2O2/c1-5-16(6-2)11-7-8-13-18-14(15(3)4)10-9-12-17/h14,17H,5-13H2,1-4H3. The van der Waals surface area contributed by atoms with Crippen LogP contribution in [-0.2, 0) is 4.74 Å². The zero-order valence-electron chi connectivity index (χ0n) is 12.7. The molecule has 0 aliphatic rings. The van der Waals surface area contributed by atoms with Crippen LogP contribution in [0.4, 0.5) is 0 Å². The molecule has 0 amide bonds. The van der Waals surface area contributed by atoms with Gasteiger partial charge in [0, 0.05) is 13.2 Å². The van der Waals surface area contributed by atoms with Crippen molar-refractivity contribution in [2.75, 3.05) is 46.9 Å². The summed E-state index contributed by atoms with van der Waals surface area (Å²) in [5.41, 5.74) is 0. The van der Waals surface area contributed by atoms with Crippen LogP contribution in [0.2, 0.25) is 0 Å². The average molecular weight is 260 g/mol. The maximum Gasteiger partial charge on any atom is 0.110 e. The van der Waals surface area contributed by atoms with Crippen molar-refractivity contribution in [3.05, 3.63) is 0 Å². The summed E-state index contributed by atoms with van der Waals surface area (Å²) in [5, 5.41) is 8.84. The molecule has 4 nitrogen and oxygen atoms in total. The number of hydrogen-bond donors (Lipinski definition) is 1. The smallest absolute Gasteiger partial charge is 0.110 e. The zero-order chi connectivity index (χ0) is 13.8. The summed E-state index contributed by atoms with van der Waals surface area (Å²) in [6.07, 6.45) is 4.16. The molecule has 0 radical (unpaired) electrons. The topological polar surface area (TPSA) is 35.9 Å². The Labute approximate surface area is 113 Å². The number of rotatable bonds is 12.